The van der Waals surface area contributed by atoms with Crippen LogP contribution in [-0.4, -0.2) is 68.7 Å². The van der Waals surface area contributed by atoms with Gasteiger partial charge in [0, 0.05) is 38.8 Å². The second-order valence-electron chi connectivity index (χ2n) is 6.49. The lowest BCUT2D eigenvalue weighted by molar-refractivity contribution is 0.299. The largest absolute Gasteiger partial charge is 0.359 e. The number of sulfone groups is 1. The van der Waals surface area contributed by atoms with Crippen molar-refractivity contribution in [2.45, 2.75) is 33.2 Å². The summed E-state index contributed by atoms with van der Waals surface area (Å²) >= 11 is 0. The minimum atomic E-state index is -2.82. The summed E-state index contributed by atoms with van der Waals surface area (Å²) in [6.45, 7) is 10.1. The first-order valence-corrected chi connectivity index (χ1v) is 10.6. The molecule has 1 fully saturated rings. The van der Waals surface area contributed by atoms with Gasteiger partial charge in [0.15, 0.2) is 21.6 Å². The SMILES string of the molecule is CCNC(=NCc1cc(C(C)C)no1)NCCN1CCS(=O)(=O)CC1.I. The summed E-state index contributed by atoms with van der Waals surface area (Å²) in [5.41, 5.74) is 0.934. The molecule has 8 nitrogen and oxygen atoms in total. The van der Waals surface area contributed by atoms with Gasteiger partial charge >= 0.3 is 0 Å². The molecule has 26 heavy (non-hydrogen) atoms. The van der Waals surface area contributed by atoms with Crippen LogP contribution in [0.25, 0.3) is 0 Å². The standard InChI is InChI=1S/C16H29N5O3S.HI/c1-4-17-16(19-12-14-11-15(13(2)3)20-24-14)18-5-6-21-7-9-25(22,23)10-8-21;/h11,13H,4-10,12H2,1-3H3,(H2,17,18,19);1H. The predicted octanol–water partition coefficient (Wildman–Crippen LogP) is 1.20. The van der Waals surface area contributed by atoms with Crippen LogP contribution in [0.15, 0.2) is 15.6 Å². The maximum absolute atomic E-state index is 11.4. The highest BCUT2D eigenvalue weighted by molar-refractivity contribution is 14.0. The Morgan fingerprint density at radius 2 is 2.04 bits per heavy atom. The van der Waals surface area contributed by atoms with Gasteiger partial charge in [-0.1, -0.05) is 19.0 Å². The maximum atomic E-state index is 11.4. The normalized spacial score (nSPS) is 17.8. The highest BCUT2D eigenvalue weighted by Gasteiger charge is 2.20. The van der Waals surface area contributed by atoms with E-state index in [9.17, 15) is 8.42 Å². The monoisotopic (exact) mass is 499 g/mol. The third-order valence-electron chi connectivity index (χ3n) is 4.06. The van der Waals surface area contributed by atoms with Gasteiger partial charge in [0.1, 0.15) is 6.54 Å². The molecule has 1 aromatic heterocycles. The number of guanidine groups is 1. The summed E-state index contributed by atoms with van der Waals surface area (Å²) < 4.78 is 28.2. The summed E-state index contributed by atoms with van der Waals surface area (Å²) in [7, 11) is -2.82. The molecule has 2 rings (SSSR count). The maximum Gasteiger partial charge on any atom is 0.191 e. The number of nitrogens with zero attached hydrogens (tertiary/aromatic N) is 3. The lowest BCUT2D eigenvalue weighted by Gasteiger charge is -2.26. The highest BCUT2D eigenvalue weighted by Crippen LogP contribution is 2.14. The minimum Gasteiger partial charge on any atom is -0.359 e. The lowest BCUT2D eigenvalue weighted by atomic mass is 10.1. The summed E-state index contributed by atoms with van der Waals surface area (Å²) in [4.78, 5) is 6.66. The van der Waals surface area contributed by atoms with E-state index in [4.69, 9.17) is 4.52 Å². The summed E-state index contributed by atoms with van der Waals surface area (Å²) in [6.07, 6.45) is 0. The molecule has 0 aromatic carbocycles. The van der Waals surface area contributed by atoms with Gasteiger partial charge in [0.2, 0.25) is 0 Å². The van der Waals surface area contributed by atoms with Gasteiger partial charge in [-0.3, -0.25) is 4.90 Å². The highest BCUT2D eigenvalue weighted by atomic mass is 127. The molecule has 2 N–H and O–H groups in total. The Balaban J connectivity index is 0.00000338. The Kier molecular flexibility index (Phi) is 9.86. The summed E-state index contributed by atoms with van der Waals surface area (Å²) in [5.74, 6) is 2.30. The molecule has 0 atom stereocenters. The van der Waals surface area contributed by atoms with E-state index in [-0.39, 0.29) is 35.5 Å². The number of aliphatic imine (C=N–C) groups is 1. The second-order valence-corrected chi connectivity index (χ2v) is 8.79. The first kappa shape index (κ1) is 23.2. The predicted molar refractivity (Wildman–Crippen MR) is 114 cm³/mol. The lowest BCUT2D eigenvalue weighted by Crippen LogP contribution is -2.45. The van der Waals surface area contributed by atoms with Crippen molar-refractivity contribution >= 4 is 39.8 Å². The van der Waals surface area contributed by atoms with E-state index in [0.29, 0.717) is 32.1 Å². The number of aromatic nitrogens is 1. The van der Waals surface area contributed by atoms with E-state index in [0.717, 1.165) is 30.5 Å². The van der Waals surface area contributed by atoms with E-state index < -0.39 is 9.84 Å². The van der Waals surface area contributed by atoms with Gasteiger partial charge in [0.25, 0.3) is 0 Å². The van der Waals surface area contributed by atoms with Crippen LogP contribution in [0.2, 0.25) is 0 Å². The smallest absolute Gasteiger partial charge is 0.191 e. The first-order chi connectivity index (χ1) is 11.9. The summed E-state index contributed by atoms with van der Waals surface area (Å²) in [6, 6.07) is 1.94. The van der Waals surface area contributed by atoms with Crippen LogP contribution in [0.3, 0.4) is 0 Å². The molecule has 0 bridgehead atoms. The van der Waals surface area contributed by atoms with Crippen LogP contribution >= 0.6 is 24.0 Å². The van der Waals surface area contributed by atoms with E-state index in [2.05, 4.69) is 39.5 Å². The number of rotatable bonds is 7. The number of hydrogen-bond acceptors (Lipinski definition) is 6. The third kappa shape index (κ3) is 7.78. The fourth-order valence-corrected chi connectivity index (χ4v) is 3.76. The quantitative estimate of drug-likeness (QED) is 0.331. The Morgan fingerprint density at radius 1 is 1.35 bits per heavy atom. The van der Waals surface area contributed by atoms with Crippen LogP contribution < -0.4 is 10.6 Å². The topological polar surface area (TPSA) is 99.8 Å². The molecule has 0 aliphatic carbocycles. The van der Waals surface area contributed by atoms with E-state index in [1.54, 1.807) is 0 Å². The Labute approximate surface area is 173 Å². The zero-order valence-electron chi connectivity index (χ0n) is 15.7. The molecule has 150 valence electrons. The Hall–Kier alpha value is -0.880. The van der Waals surface area contributed by atoms with Crippen molar-refractivity contribution in [3.05, 3.63) is 17.5 Å². The molecular formula is C16H30IN5O3S. The molecule has 0 radical (unpaired) electrons. The number of hydrogen-bond donors (Lipinski definition) is 2. The zero-order chi connectivity index (χ0) is 18.3. The molecule has 0 saturated carbocycles. The fourth-order valence-electron chi connectivity index (χ4n) is 2.48. The van der Waals surface area contributed by atoms with Crippen molar-refractivity contribution < 1.29 is 12.9 Å². The third-order valence-corrected chi connectivity index (χ3v) is 5.67. The second kappa shape index (κ2) is 11.1. The van der Waals surface area contributed by atoms with Gasteiger partial charge in [-0.15, -0.1) is 24.0 Å². The van der Waals surface area contributed by atoms with Crippen LogP contribution in [-0.2, 0) is 16.4 Å². The average Bonchev–Trinajstić information content (AvgIpc) is 3.03. The molecule has 1 aliphatic rings. The van der Waals surface area contributed by atoms with Crippen LogP contribution in [0.1, 0.15) is 38.1 Å². The molecule has 1 aromatic rings. The van der Waals surface area contributed by atoms with Crippen molar-refractivity contribution in [1.29, 1.82) is 0 Å². The molecule has 0 unspecified atom stereocenters. The average molecular weight is 499 g/mol. The summed E-state index contributed by atoms with van der Waals surface area (Å²) in [5, 5.41) is 10.5. The van der Waals surface area contributed by atoms with Gasteiger partial charge in [-0.2, -0.15) is 0 Å². The molecule has 1 saturated heterocycles. The minimum absolute atomic E-state index is 0. The van der Waals surface area contributed by atoms with Crippen LogP contribution in [0, 0.1) is 0 Å². The molecule has 0 spiro atoms. The van der Waals surface area contributed by atoms with Crippen molar-refractivity contribution in [1.82, 2.24) is 20.7 Å². The molecule has 2 heterocycles. The molecule has 1 aliphatic heterocycles. The number of halogens is 1. The Morgan fingerprint density at radius 3 is 2.62 bits per heavy atom. The molecular weight excluding hydrogens is 469 g/mol. The van der Waals surface area contributed by atoms with Gasteiger partial charge in [0.05, 0.1) is 17.2 Å². The van der Waals surface area contributed by atoms with Crippen LogP contribution in [0.5, 0.6) is 0 Å². The van der Waals surface area contributed by atoms with E-state index in [1.165, 1.54) is 0 Å². The van der Waals surface area contributed by atoms with Gasteiger partial charge < -0.3 is 15.2 Å². The van der Waals surface area contributed by atoms with Crippen molar-refractivity contribution in [3.63, 3.8) is 0 Å². The van der Waals surface area contributed by atoms with E-state index >= 15 is 0 Å². The fraction of sp³-hybridized carbons (Fsp3) is 0.750. The molecule has 0 amide bonds. The Bertz CT molecular complexity index is 661. The van der Waals surface area contributed by atoms with Crippen molar-refractivity contribution in [2.24, 2.45) is 4.99 Å². The van der Waals surface area contributed by atoms with E-state index in [1.807, 2.05) is 13.0 Å². The van der Waals surface area contributed by atoms with Crippen LogP contribution in [0.4, 0.5) is 0 Å². The van der Waals surface area contributed by atoms with Crippen molar-refractivity contribution in [2.75, 3.05) is 44.2 Å². The van der Waals surface area contributed by atoms with Gasteiger partial charge in [-0.05, 0) is 12.8 Å². The number of nitrogens with one attached hydrogen (secondary N) is 2. The van der Waals surface area contributed by atoms with Crippen molar-refractivity contribution in [3.8, 4) is 0 Å². The van der Waals surface area contributed by atoms with Gasteiger partial charge in [-0.25, -0.2) is 13.4 Å². The molecule has 10 heteroatoms. The zero-order valence-corrected chi connectivity index (χ0v) is 18.8. The first-order valence-electron chi connectivity index (χ1n) is 8.80.